The van der Waals surface area contributed by atoms with Crippen LogP contribution in [0, 0.1) is 16.7 Å². The number of carbonyl (C=O) groups excluding carboxylic acids is 2. The Labute approximate surface area is 178 Å². The molecule has 3 aliphatic rings. The van der Waals surface area contributed by atoms with Crippen molar-refractivity contribution in [3.63, 3.8) is 0 Å². The van der Waals surface area contributed by atoms with Crippen LogP contribution in [0.2, 0.25) is 5.02 Å². The van der Waals surface area contributed by atoms with Gasteiger partial charge >= 0.3 is 6.03 Å². The van der Waals surface area contributed by atoms with Gasteiger partial charge in [0.1, 0.15) is 0 Å². The first kappa shape index (κ1) is 20.5. The summed E-state index contributed by atoms with van der Waals surface area (Å²) in [6.07, 6.45) is 4.00. The molecule has 0 radical (unpaired) electrons. The molecule has 1 aromatic carbocycles. The molecule has 29 heavy (non-hydrogen) atoms. The van der Waals surface area contributed by atoms with Crippen molar-refractivity contribution in [2.24, 2.45) is 16.7 Å². The van der Waals surface area contributed by atoms with Gasteiger partial charge in [0.05, 0.1) is 5.41 Å². The molecular weight excluding hydrogens is 388 g/mol. The second-order valence-electron chi connectivity index (χ2n) is 9.39. The zero-order valence-corrected chi connectivity index (χ0v) is 18.3. The Balaban J connectivity index is 1.45. The predicted molar refractivity (Wildman–Crippen MR) is 115 cm³/mol. The normalized spacial score (nSPS) is 28.4. The Hall–Kier alpha value is -1.79. The molecule has 4 rings (SSSR count). The lowest BCUT2D eigenvalue weighted by Crippen LogP contribution is -2.50. The molecule has 2 saturated heterocycles. The average Bonchev–Trinajstić information content (AvgIpc) is 3.17. The lowest BCUT2D eigenvalue weighted by atomic mass is 9.65. The SMILES string of the molecule is CN1C[C@H]2C3(CCN(C(=O)Nc4cccc(Cl)c4)CC3)CC[C@@]2(C(=O)N(C)C)C1. The maximum absolute atomic E-state index is 13.1. The minimum atomic E-state index is -0.247. The molecule has 1 aliphatic carbocycles. The molecule has 7 heteroatoms. The number of rotatable bonds is 2. The lowest BCUT2D eigenvalue weighted by Gasteiger charge is -2.44. The molecule has 1 N–H and O–H groups in total. The minimum absolute atomic E-state index is 0.0701. The molecule has 2 atom stereocenters. The summed E-state index contributed by atoms with van der Waals surface area (Å²) in [5.41, 5.74) is 0.642. The molecule has 158 valence electrons. The third kappa shape index (κ3) is 3.50. The van der Waals surface area contributed by atoms with Gasteiger partial charge in [0.15, 0.2) is 0 Å². The monoisotopic (exact) mass is 418 g/mol. The summed E-state index contributed by atoms with van der Waals surface area (Å²) in [5.74, 6) is 0.665. The van der Waals surface area contributed by atoms with E-state index in [-0.39, 0.29) is 22.8 Å². The smallest absolute Gasteiger partial charge is 0.321 e. The van der Waals surface area contributed by atoms with Gasteiger partial charge < -0.3 is 20.0 Å². The number of fused-ring (bicyclic) bond motifs is 2. The zero-order chi connectivity index (χ0) is 20.8. The molecule has 2 aliphatic heterocycles. The average molecular weight is 419 g/mol. The molecule has 3 amide bonds. The lowest BCUT2D eigenvalue weighted by molar-refractivity contribution is -0.141. The number of hydrogen-bond donors (Lipinski definition) is 1. The third-order valence-corrected chi connectivity index (χ3v) is 7.71. The van der Waals surface area contributed by atoms with E-state index in [1.807, 2.05) is 31.1 Å². The van der Waals surface area contributed by atoms with Crippen molar-refractivity contribution >= 4 is 29.2 Å². The Kier molecular flexibility index (Phi) is 5.28. The van der Waals surface area contributed by atoms with Crippen molar-refractivity contribution < 1.29 is 9.59 Å². The zero-order valence-electron chi connectivity index (χ0n) is 17.6. The predicted octanol–water partition coefficient (Wildman–Crippen LogP) is 3.38. The molecule has 1 aromatic rings. The largest absolute Gasteiger partial charge is 0.348 e. The topological polar surface area (TPSA) is 55.9 Å². The van der Waals surface area contributed by atoms with Crippen LogP contribution in [-0.2, 0) is 4.79 Å². The van der Waals surface area contributed by atoms with Gasteiger partial charge in [0, 0.05) is 51.0 Å². The molecule has 0 aromatic heterocycles. The first-order chi connectivity index (χ1) is 13.8. The summed E-state index contributed by atoms with van der Waals surface area (Å²) < 4.78 is 0. The summed E-state index contributed by atoms with van der Waals surface area (Å²) >= 11 is 6.02. The summed E-state index contributed by atoms with van der Waals surface area (Å²) in [7, 11) is 5.88. The highest BCUT2D eigenvalue weighted by Crippen LogP contribution is 2.62. The van der Waals surface area contributed by atoms with E-state index in [1.54, 1.807) is 17.0 Å². The van der Waals surface area contributed by atoms with E-state index in [4.69, 9.17) is 11.6 Å². The van der Waals surface area contributed by atoms with Crippen molar-refractivity contribution in [2.75, 3.05) is 52.6 Å². The Morgan fingerprint density at radius 1 is 1.17 bits per heavy atom. The summed E-state index contributed by atoms with van der Waals surface area (Å²) in [5, 5.41) is 3.57. The quantitative estimate of drug-likeness (QED) is 0.800. The maximum atomic E-state index is 13.1. The van der Waals surface area contributed by atoms with Crippen LogP contribution in [0.1, 0.15) is 25.7 Å². The maximum Gasteiger partial charge on any atom is 0.321 e. The molecular formula is C22H31ClN4O2. The fourth-order valence-corrected chi connectivity index (χ4v) is 6.30. The van der Waals surface area contributed by atoms with Crippen LogP contribution < -0.4 is 5.32 Å². The molecule has 6 nitrogen and oxygen atoms in total. The van der Waals surface area contributed by atoms with Gasteiger partial charge in [0.2, 0.25) is 5.91 Å². The van der Waals surface area contributed by atoms with Crippen LogP contribution in [0.3, 0.4) is 0 Å². The molecule has 2 heterocycles. The standard InChI is InChI=1S/C22H31ClN4O2/c1-25(2)19(28)22-8-7-21(18(22)14-26(3)15-22)9-11-27(12-10-21)20(29)24-17-6-4-5-16(23)13-17/h4-6,13,18H,7-12,14-15H2,1-3H3,(H,24,29)/t18-,22+/m0/s1. The number of likely N-dealkylation sites (tertiary alicyclic amines) is 2. The van der Waals surface area contributed by atoms with E-state index in [9.17, 15) is 9.59 Å². The number of anilines is 1. The molecule has 1 saturated carbocycles. The fraction of sp³-hybridized carbons (Fsp3) is 0.636. The summed E-state index contributed by atoms with van der Waals surface area (Å²) in [6.45, 7) is 3.31. The van der Waals surface area contributed by atoms with E-state index in [0.717, 1.165) is 57.5 Å². The van der Waals surface area contributed by atoms with Crippen molar-refractivity contribution in [1.82, 2.24) is 14.7 Å². The number of hydrogen-bond acceptors (Lipinski definition) is 3. The first-order valence-electron chi connectivity index (χ1n) is 10.5. The van der Waals surface area contributed by atoms with Crippen LogP contribution in [0.25, 0.3) is 0 Å². The number of urea groups is 1. The van der Waals surface area contributed by atoms with E-state index in [0.29, 0.717) is 10.9 Å². The molecule has 0 unspecified atom stereocenters. The van der Waals surface area contributed by atoms with Gasteiger partial charge in [0.25, 0.3) is 0 Å². The van der Waals surface area contributed by atoms with Crippen LogP contribution in [0.15, 0.2) is 24.3 Å². The Bertz CT molecular complexity index is 806. The Morgan fingerprint density at radius 2 is 1.90 bits per heavy atom. The van der Waals surface area contributed by atoms with Crippen molar-refractivity contribution in [3.8, 4) is 0 Å². The van der Waals surface area contributed by atoms with Crippen LogP contribution in [-0.4, -0.2) is 74.0 Å². The number of halogens is 1. The van der Waals surface area contributed by atoms with E-state index >= 15 is 0 Å². The van der Waals surface area contributed by atoms with Crippen molar-refractivity contribution in [3.05, 3.63) is 29.3 Å². The van der Waals surface area contributed by atoms with E-state index in [1.165, 1.54) is 0 Å². The van der Waals surface area contributed by atoms with Crippen LogP contribution >= 0.6 is 11.6 Å². The summed E-state index contributed by atoms with van der Waals surface area (Å²) in [4.78, 5) is 31.9. The number of nitrogens with one attached hydrogen (secondary N) is 1. The molecule has 1 spiro atoms. The Morgan fingerprint density at radius 3 is 2.55 bits per heavy atom. The second kappa shape index (κ2) is 7.47. The number of benzene rings is 1. The molecule has 3 fully saturated rings. The van der Waals surface area contributed by atoms with Crippen LogP contribution in [0.4, 0.5) is 10.5 Å². The number of amides is 3. The van der Waals surface area contributed by atoms with Crippen molar-refractivity contribution in [1.29, 1.82) is 0 Å². The van der Waals surface area contributed by atoms with Gasteiger partial charge in [-0.25, -0.2) is 4.79 Å². The van der Waals surface area contributed by atoms with Gasteiger partial charge in [-0.3, -0.25) is 4.79 Å². The molecule has 0 bridgehead atoms. The van der Waals surface area contributed by atoms with E-state index < -0.39 is 0 Å². The first-order valence-corrected chi connectivity index (χ1v) is 10.9. The second-order valence-corrected chi connectivity index (χ2v) is 9.83. The number of carbonyl (C=O) groups is 2. The minimum Gasteiger partial charge on any atom is -0.348 e. The van der Waals surface area contributed by atoms with Crippen LogP contribution in [0.5, 0.6) is 0 Å². The van der Waals surface area contributed by atoms with Gasteiger partial charge in [-0.2, -0.15) is 0 Å². The highest BCUT2D eigenvalue weighted by Gasteiger charge is 2.64. The number of piperidine rings is 1. The van der Waals surface area contributed by atoms with E-state index in [2.05, 4.69) is 17.3 Å². The highest BCUT2D eigenvalue weighted by molar-refractivity contribution is 6.30. The van der Waals surface area contributed by atoms with Crippen molar-refractivity contribution in [2.45, 2.75) is 25.7 Å². The van der Waals surface area contributed by atoms with Gasteiger partial charge in [-0.1, -0.05) is 17.7 Å². The van der Waals surface area contributed by atoms with Gasteiger partial charge in [-0.15, -0.1) is 0 Å². The van der Waals surface area contributed by atoms with Gasteiger partial charge in [-0.05, 0) is 62.3 Å². The highest BCUT2D eigenvalue weighted by atomic mass is 35.5. The number of nitrogens with zero attached hydrogens (tertiary/aromatic N) is 3. The summed E-state index contributed by atoms with van der Waals surface area (Å²) in [6, 6.07) is 7.17. The fourth-order valence-electron chi connectivity index (χ4n) is 6.11. The third-order valence-electron chi connectivity index (χ3n) is 7.48.